The quantitative estimate of drug-likeness (QED) is 0.881. The minimum atomic E-state index is 0.981. The third-order valence-electron chi connectivity index (χ3n) is 2.90. The van der Waals surface area contributed by atoms with Crippen molar-refractivity contribution in [1.82, 2.24) is 4.98 Å². The van der Waals surface area contributed by atoms with E-state index >= 15 is 0 Å². The molecule has 0 amide bonds. The summed E-state index contributed by atoms with van der Waals surface area (Å²) in [6.07, 6.45) is 1.82. The molecule has 1 aromatic heterocycles. The molecule has 2 nitrogen and oxygen atoms in total. The van der Waals surface area contributed by atoms with Crippen molar-refractivity contribution in [2.45, 2.75) is 18.4 Å². The summed E-state index contributed by atoms with van der Waals surface area (Å²) in [5.41, 5.74) is 4.04. The highest BCUT2D eigenvalue weighted by molar-refractivity contribution is 7.97. The van der Waals surface area contributed by atoms with Crippen LogP contribution in [-0.2, 0) is 11.5 Å². The summed E-state index contributed by atoms with van der Waals surface area (Å²) in [7, 11) is 1.91. The fraction of sp³-hybridized carbons (Fsp3) is 0.267. The number of hydrogen-bond acceptors (Lipinski definition) is 3. The Hall–Kier alpha value is -1.48. The second-order valence-electron chi connectivity index (χ2n) is 4.18. The lowest BCUT2D eigenvalue weighted by molar-refractivity contribution is 1.22. The van der Waals surface area contributed by atoms with Crippen molar-refractivity contribution >= 4 is 17.6 Å². The summed E-state index contributed by atoms with van der Waals surface area (Å²) in [6, 6.07) is 12.7. The van der Waals surface area contributed by atoms with Gasteiger partial charge in [0.25, 0.3) is 0 Å². The smallest absolute Gasteiger partial charge is 0.129 e. The molecule has 2 aromatic rings. The molecule has 0 saturated heterocycles. The molecule has 0 bridgehead atoms. The number of hydrogen-bond donors (Lipinski definition) is 1. The fourth-order valence-corrected chi connectivity index (χ4v) is 2.92. The minimum absolute atomic E-state index is 0.981. The Morgan fingerprint density at radius 1 is 1.06 bits per heavy atom. The van der Waals surface area contributed by atoms with E-state index in [4.69, 9.17) is 0 Å². The van der Waals surface area contributed by atoms with Crippen LogP contribution in [0.15, 0.2) is 42.6 Å². The van der Waals surface area contributed by atoms with E-state index in [-0.39, 0.29) is 0 Å². The van der Waals surface area contributed by atoms with Crippen LogP contribution in [0.3, 0.4) is 0 Å². The second kappa shape index (κ2) is 6.45. The number of nitrogens with one attached hydrogen (secondary N) is 1. The number of benzene rings is 1. The minimum Gasteiger partial charge on any atom is -0.373 e. The molecule has 0 radical (unpaired) electrons. The fourth-order valence-electron chi connectivity index (χ4n) is 1.82. The Bertz CT molecular complexity index is 511. The van der Waals surface area contributed by atoms with E-state index in [0.717, 1.165) is 17.3 Å². The van der Waals surface area contributed by atoms with Crippen molar-refractivity contribution in [3.8, 4) is 0 Å². The summed E-state index contributed by atoms with van der Waals surface area (Å²) in [6.45, 7) is 2.17. The van der Waals surface area contributed by atoms with Crippen LogP contribution in [0.25, 0.3) is 0 Å². The SMILES string of the molecule is CNc1ncccc1CSCc1ccccc1C. The van der Waals surface area contributed by atoms with Crippen molar-refractivity contribution in [2.24, 2.45) is 0 Å². The molecule has 0 aliphatic rings. The van der Waals surface area contributed by atoms with Gasteiger partial charge in [-0.15, -0.1) is 0 Å². The normalized spacial score (nSPS) is 10.3. The first-order valence-electron chi connectivity index (χ1n) is 6.05. The van der Waals surface area contributed by atoms with E-state index in [2.05, 4.69) is 47.6 Å². The first-order chi connectivity index (χ1) is 8.81. The predicted molar refractivity (Wildman–Crippen MR) is 80.0 cm³/mol. The number of aromatic nitrogens is 1. The maximum Gasteiger partial charge on any atom is 0.129 e. The van der Waals surface area contributed by atoms with Gasteiger partial charge in [0.05, 0.1) is 0 Å². The van der Waals surface area contributed by atoms with Gasteiger partial charge in [-0.25, -0.2) is 4.98 Å². The highest BCUT2D eigenvalue weighted by atomic mass is 32.2. The molecule has 0 saturated carbocycles. The van der Waals surface area contributed by atoms with E-state index < -0.39 is 0 Å². The zero-order valence-electron chi connectivity index (χ0n) is 10.8. The van der Waals surface area contributed by atoms with Crippen LogP contribution in [0.4, 0.5) is 5.82 Å². The van der Waals surface area contributed by atoms with Crippen molar-refractivity contribution in [2.75, 3.05) is 12.4 Å². The third-order valence-corrected chi connectivity index (χ3v) is 3.93. The first kappa shape index (κ1) is 13.0. The molecule has 2 rings (SSSR count). The number of nitrogens with zero attached hydrogens (tertiary/aromatic N) is 1. The Balaban J connectivity index is 1.95. The van der Waals surface area contributed by atoms with E-state index in [9.17, 15) is 0 Å². The Kier molecular flexibility index (Phi) is 4.65. The van der Waals surface area contributed by atoms with Gasteiger partial charge < -0.3 is 5.32 Å². The summed E-state index contributed by atoms with van der Waals surface area (Å²) < 4.78 is 0. The molecular weight excluding hydrogens is 240 g/mol. The van der Waals surface area contributed by atoms with Crippen LogP contribution >= 0.6 is 11.8 Å². The van der Waals surface area contributed by atoms with E-state index in [1.165, 1.54) is 16.7 Å². The highest BCUT2D eigenvalue weighted by Gasteiger charge is 2.02. The average molecular weight is 258 g/mol. The molecule has 0 unspecified atom stereocenters. The van der Waals surface area contributed by atoms with E-state index in [1.807, 2.05) is 31.1 Å². The largest absolute Gasteiger partial charge is 0.373 e. The molecule has 0 atom stereocenters. The molecule has 1 heterocycles. The molecule has 18 heavy (non-hydrogen) atoms. The molecule has 3 heteroatoms. The van der Waals surface area contributed by atoms with Gasteiger partial charge in [-0.3, -0.25) is 0 Å². The number of aryl methyl sites for hydroxylation is 1. The van der Waals surface area contributed by atoms with Gasteiger partial charge in [0, 0.05) is 30.3 Å². The second-order valence-corrected chi connectivity index (χ2v) is 5.17. The van der Waals surface area contributed by atoms with Gasteiger partial charge in [-0.05, 0) is 24.1 Å². The molecule has 0 spiro atoms. The lowest BCUT2D eigenvalue weighted by atomic mass is 10.1. The molecule has 0 aliphatic heterocycles. The summed E-state index contributed by atoms with van der Waals surface area (Å²) in [5.74, 6) is 3.01. The summed E-state index contributed by atoms with van der Waals surface area (Å²) in [5, 5.41) is 3.13. The number of rotatable bonds is 5. The standard InChI is InChI=1S/C15H18N2S/c1-12-6-3-4-7-13(12)10-18-11-14-8-5-9-17-15(14)16-2/h3-9H,10-11H2,1-2H3,(H,16,17). The lowest BCUT2D eigenvalue weighted by Gasteiger charge is -2.08. The predicted octanol–water partition coefficient (Wildman–Crippen LogP) is 3.87. The average Bonchev–Trinajstić information content (AvgIpc) is 2.41. The van der Waals surface area contributed by atoms with E-state index in [0.29, 0.717) is 0 Å². The van der Waals surface area contributed by atoms with Crippen molar-refractivity contribution < 1.29 is 0 Å². The van der Waals surface area contributed by atoms with Gasteiger partial charge in [-0.1, -0.05) is 30.3 Å². The van der Waals surface area contributed by atoms with Crippen LogP contribution < -0.4 is 5.32 Å². The molecule has 1 aromatic carbocycles. The van der Waals surface area contributed by atoms with Crippen molar-refractivity contribution in [3.05, 3.63) is 59.3 Å². The van der Waals surface area contributed by atoms with Gasteiger partial charge in [0.1, 0.15) is 5.82 Å². The topological polar surface area (TPSA) is 24.9 Å². The molecule has 94 valence electrons. The van der Waals surface area contributed by atoms with Crippen LogP contribution in [-0.4, -0.2) is 12.0 Å². The highest BCUT2D eigenvalue weighted by Crippen LogP contribution is 2.22. The van der Waals surface area contributed by atoms with Crippen LogP contribution in [0.5, 0.6) is 0 Å². The first-order valence-corrected chi connectivity index (χ1v) is 7.20. The monoisotopic (exact) mass is 258 g/mol. The van der Waals surface area contributed by atoms with Crippen LogP contribution in [0.1, 0.15) is 16.7 Å². The molecule has 1 N–H and O–H groups in total. The van der Waals surface area contributed by atoms with Gasteiger partial charge in [0.2, 0.25) is 0 Å². The van der Waals surface area contributed by atoms with Crippen molar-refractivity contribution in [3.63, 3.8) is 0 Å². The third kappa shape index (κ3) is 3.26. The number of anilines is 1. The molecule has 0 fully saturated rings. The maximum atomic E-state index is 4.32. The Morgan fingerprint density at radius 3 is 2.56 bits per heavy atom. The molecule has 0 aliphatic carbocycles. The summed E-state index contributed by atoms with van der Waals surface area (Å²) in [4.78, 5) is 4.32. The van der Waals surface area contributed by atoms with Gasteiger partial charge in [0.15, 0.2) is 0 Å². The Morgan fingerprint density at radius 2 is 1.78 bits per heavy atom. The number of pyridine rings is 1. The Labute approximate surface area is 113 Å². The van der Waals surface area contributed by atoms with Crippen molar-refractivity contribution in [1.29, 1.82) is 0 Å². The maximum absolute atomic E-state index is 4.32. The zero-order valence-corrected chi connectivity index (χ0v) is 11.6. The van der Waals surface area contributed by atoms with E-state index in [1.54, 1.807) is 0 Å². The zero-order chi connectivity index (χ0) is 12.8. The molecular formula is C15H18N2S. The van der Waals surface area contributed by atoms with Gasteiger partial charge >= 0.3 is 0 Å². The van der Waals surface area contributed by atoms with Crippen LogP contribution in [0.2, 0.25) is 0 Å². The van der Waals surface area contributed by atoms with Crippen LogP contribution in [0, 0.1) is 6.92 Å². The summed E-state index contributed by atoms with van der Waals surface area (Å²) >= 11 is 1.92. The lowest BCUT2D eigenvalue weighted by Crippen LogP contribution is -1.97. The number of thioether (sulfide) groups is 1. The van der Waals surface area contributed by atoms with Gasteiger partial charge in [-0.2, -0.15) is 11.8 Å².